The smallest absolute Gasteiger partial charge is 0.261 e. The Morgan fingerprint density at radius 1 is 1.24 bits per heavy atom. The Balaban J connectivity index is 1.75. The number of carbonyl (C=O) groups is 1. The van der Waals surface area contributed by atoms with E-state index in [1.165, 1.54) is 5.56 Å². The van der Waals surface area contributed by atoms with E-state index in [2.05, 4.69) is 28.2 Å². The SMILES string of the molecule is CCc1ccc(NC(=O)c2cn3c4c(cc(Br)cc4c2=O)CC3)cc1. The lowest BCUT2D eigenvalue weighted by Crippen LogP contribution is -2.23. The first-order chi connectivity index (χ1) is 12.1. The van der Waals surface area contributed by atoms with Crippen LogP contribution in [0.3, 0.4) is 0 Å². The minimum Gasteiger partial charge on any atom is -0.346 e. The fourth-order valence-corrected chi connectivity index (χ4v) is 3.89. The average Bonchev–Trinajstić information content (AvgIpc) is 3.01. The van der Waals surface area contributed by atoms with Crippen molar-refractivity contribution in [3.8, 4) is 0 Å². The predicted octanol–water partition coefficient (Wildman–Crippen LogP) is 4.13. The first kappa shape index (κ1) is 16.1. The van der Waals surface area contributed by atoms with Crippen LogP contribution in [0.25, 0.3) is 10.9 Å². The van der Waals surface area contributed by atoms with Gasteiger partial charge in [-0.15, -0.1) is 0 Å². The second-order valence-corrected chi connectivity index (χ2v) is 7.20. The molecule has 3 aromatic rings. The number of pyridine rings is 1. The number of rotatable bonds is 3. The number of hydrogen-bond acceptors (Lipinski definition) is 2. The second kappa shape index (κ2) is 6.15. The molecule has 1 N–H and O–H groups in total. The summed E-state index contributed by atoms with van der Waals surface area (Å²) in [4.78, 5) is 25.5. The van der Waals surface area contributed by atoms with Gasteiger partial charge in [-0.05, 0) is 48.2 Å². The fraction of sp³-hybridized carbons (Fsp3) is 0.200. The largest absolute Gasteiger partial charge is 0.346 e. The first-order valence-corrected chi connectivity index (χ1v) is 9.12. The third kappa shape index (κ3) is 2.78. The summed E-state index contributed by atoms with van der Waals surface area (Å²) in [6.07, 6.45) is 3.50. The zero-order valence-electron chi connectivity index (χ0n) is 13.8. The normalized spacial score (nSPS) is 12.6. The summed E-state index contributed by atoms with van der Waals surface area (Å²) in [5.74, 6) is -0.367. The number of halogens is 1. The van der Waals surface area contributed by atoms with Crippen LogP contribution in [-0.4, -0.2) is 10.5 Å². The van der Waals surface area contributed by atoms with Crippen molar-refractivity contribution in [2.24, 2.45) is 0 Å². The summed E-state index contributed by atoms with van der Waals surface area (Å²) in [6.45, 7) is 2.87. The van der Waals surface area contributed by atoms with Crippen molar-refractivity contribution in [3.63, 3.8) is 0 Å². The Labute approximate surface area is 153 Å². The molecule has 1 amide bonds. The van der Waals surface area contributed by atoms with Crippen molar-refractivity contribution in [3.05, 3.63) is 74.0 Å². The number of nitrogens with one attached hydrogen (secondary N) is 1. The van der Waals surface area contributed by atoms with Gasteiger partial charge in [0, 0.05) is 28.3 Å². The third-order valence-electron chi connectivity index (χ3n) is 4.70. The number of nitrogens with zero attached hydrogens (tertiary/aromatic N) is 1. The highest BCUT2D eigenvalue weighted by Crippen LogP contribution is 2.28. The van der Waals surface area contributed by atoms with Gasteiger partial charge in [-0.25, -0.2) is 0 Å². The maximum Gasteiger partial charge on any atom is 0.261 e. The molecule has 4 nitrogen and oxygen atoms in total. The Kier molecular flexibility index (Phi) is 3.96. The number of hydrogen-bond donors (Lipinski definition) is 1. The van der Waals surface area contributed by atoms with Crippen LogP contribution in [0, 0.1) is 0 Å². The first-order valence-electron chi connectivity index (χ1n) is 8.32. The molecular weight excluding hydrogens is 380 g/mol. The van der Waals surface area contributed by atoms with Crippen LogP contribution in [0.4, 0.5) is 5.69 Å². The molecule has 0 spiro atoms. The molecule has 0 radical (unpaired) electrons. The molecule has 2 heterocycles. The van der Waals surface area contributed by atoms with Gasteiger partial charge in [0.1, 0.15) is 5.56 Å². The van der Waals surface area contributed by atoms with E-state index in [1.807, 2.05) is 34.9 Å². The molecule has 1 aliphatic rings. The van der Waals surface area contributed by atoms with Crippen LogP contribution >= 0.6 is 15.9 Å². The minimum atomic E-state index is -0.367. The van der Waals surface area contributed by atoms with Crippen LogP contribution in [-0.2, 0) is 19.4 Å². The summed E-state index contributed by atoms with van der Waals surface area (Å²) in [7, 11) is 0. The zero-order valence-corrected chi connectivity index (χ0v) is 15.4. The maximum atomic E-state index is 12.8. The standard InChI is InChI=1S/C20H17BrN2O2/c1-2-12-3-5-15(6-4-12)22-20(25)17-11-23-8-7-13-9-14(21)10-16(18(13)23)19(17)24/h3-6,9-11H,2,7-8H2,1H3,(H,22,25). The van der Waals surface area contributed by atoms with Crippen LogP contribution < -0.4 is 10.7 Å². The predicted molar refractivity (Wildman–Crippen MR) is 103 cm³/mol. The van der Waals surface area contributed by atoms with E-state index in [1.54, 1.807) is 12.3 Å². The molecule has 126 valence electrons. The highest BCUT2D eigenvalue weighted by Gasteiger charge is 2.21. The lowest BCUT2D eigenvalue weighted by atomic mass is 10.1. The highest BCUT2D eigenvalue weighted by atomic mass is 79.9. The zero-order chi connectivity index (χ0) is 17.6. The number of amides is 1. The quantitative estimate of drug-likeness (QED) is 0.723. The van der Waals surface area contributed by atoms with Gasteiger partial charge in [0.05, 0.1) is 5.52 Å². The third-order valence-corrected chi connectivity index (χ3v) is 5.16. The van der Waals surface area contributed by atoms with Gasteiger partial charge < -0.3 is 9.88 Å². The van der Waals surface area contributed by atoms with Crippen molar-refractivity contribution in [1.82, 2.24) is 4.57 Å². The van der Waals surface area contributed by atoms with E-state index < -0.39 is 0 Å². The van der Waals surface area contributed by atoms with Gasteiger partial charge in [0.2, 0.25) is 5.43 Å². The molecule has 0 unspecified atom stereocenters. The lowest BCUT2D eigenvalue weighted by molar-refractivity contribution is 0.102. The van der Waals surface area contributed by atoms with Crippen LogP contribution in [0.2, 0.25) is 0 Å². The molecule has 0 saturated carbocycles. The maximum absolute atomic E-state index is 12.8. The number of benzene rings is 2. The summed E-state index contributed by atoms with van der Waals surface area (Å²) in [5.41, 5.74) is 3.93. The molecule has 0 aliphatic carbocycles. The molecule has 2 aromatic carbocycles. The summed E-state index contributed by atoms with van der Waals surface area (Å²) >= 11 is 3.46. The number of aromatic nitrogens is 1. The van der Waals surface area contributed by atoms with Crippen LogP contribution in [0.1, 0.15) is 28.4 Å². The molecular formula is C20H17BrN2O2. The van der Waals surface area contributed by atoms with Crippen molar-refractivity contribution in [1.29, 1.82) is 0 Å². The summed E-state index contributed by atoms with van der Waals surface area (Å²) < 4.78 is 2.88. The van der Waals surface area contributed by atoms with Crippen molar-refractivity contribution >= 4 is 38.4 Å². The van der Waals surface area contributed by atoms with Crippen molar-refractivity contribution in [2.45, 2.75) is 26.3 Å². The Morgan fingerprint density at radius 2 is 2.00 bits per heavy atom. The molecule has 25 heavy (non-hydrogen) atoms. The van der Waals surface area contributed by atoms with Gasteiger partial charge in [0.25, 0.3) is 5.91 Å². The van der Waals surface area contributed by atoms with Gasteiger partial charge >= 0.3 is 0 Å². The Morgan fingerprint density at radius 3 is 2.72 bits per heavy atom. The monoisotopic (exact) mass is 396 g/mol. The number of aryl methyl sites for hydroxylation is 3. The average molecular weight is 397 g/mol. The molecule has 4 rings (SSSR count). The van der Waals surface area contributed by atoms with Crippen molar-refractivity contribution in [2.75, 3.05) is 5.32 Å². The van der Waals surface area contributed by atoms with Gasteiger partial charge in [-0.3, -0.25) is 9.59 Å². The number of anilines is 1. The summed E-state index contributed by atoms with van der Waals surface area (Å²) in [5, 5.41) is 3.43. The second-order valence-electron chi connectivity index (χ2n) is 6.28. The van der Waals surface area contributed by atoms with E-state index in [4.69, 9.17) is 0 Å². The van der Waals surface area contributed by atoms with E-state index in [-0.39, 0.29) is 16.9 Å². The molecule has 1 aromatic heterocycles. The van der Waals surface area contributed by atoms with Gasteiger partial charge in [-0.2, -0.15) is 0 Å². The van der Waals surface area contributed by atoms with E-state index in [0.29, 0.717) is 11.1 Å². The van der Waals surface area contributed by atoms with Crippen LogP contribution in [0.15, 0.2) is 51.9 Å². The molecule has 0 fully saturated rings. The van der Waals surface area contributed by atoms with Crippen molar-refractivity contribution < 1.29 is 4.79 Å². The minimum absolute atomic E-state index is 0.179. The highest BCUT2D eigenvalue weighted by molar-refractivity contribution is 9.10. The molecule has 0 saturated heterocycles. The van der Waals surface area contributed by atoms with Gasteiger partial charge in [0.15, 0.2) is 0 Å². The topological polar surface area (TPSA) is 51.1 Å². The molecule has 5 heteroatoms. The van der Waals surface area contributed by atoms with E-state index >= 15 is 0 Å². The Hall–Kier alpha value is -2.40. The van der Waals surface area contributed by atoms with E-state index in [9.17, 15) is 9.59 Å². The summed E-state index contributed by atoms with van der Waals surface area (Å²) in [6, 6.07) is 11.5. The Bertz CT molecular complexity index is 1050. The number of carbonyl (C=O) groups excluding carboxylic acids is 1. The molecule has 0 atom stereocenters. The van der Waals surface area contributed by atoms with Crippen LogP contribution in [0.5, 0.6) is 0 Å². The molecule has 0 bridgehead atoms. The fourth-order valence-electron chi connectivity index (χ4n) is 3.38. The molecule has 1 aliphatic heterocycles. The van der Waals surface area contributed by atoms with Gasteiger partial charge in [-0.1, -0.05) is 35.0 Å². The lowest BCUT2D eigenvalue weighted by Gasteiger charge is -2.10. The van der Waals surface area contributed by atoms with E-state index in [0.717, 1.165) is 34.9 Å².